The summed E-state index contributed by atoms with van der Waals surface area (Å²) in [4.78, 5) is 15.8. The number of hydrogen-bond donors (Lipinski definition) is 0. The number of hydrogen-bond acceptors (Lipinski definition) is 3. The minimum atomic E-state index is 0.824. The van der Waals surface area contributed by atoms with Gasteiger partial charge in [0.25, 0.3) is 0 Å². The van der Waals surface area contributed by atoms with Gasteiger partial charge in [-0.15, -0.1) is 0 Å². The highest BCUT2D eigenvalue weighted by Crippen LogP contribution is 2.17. The van der Waals surface area contributed by atoms with Crippen LogP contribution >= 0.6 is 0 Å². The number of nitrogens with zero attached hydrogens (tertiary/aromatic N) is 2. The van der Waals surface area contributed by atoms with Gasteiger partial charge in [0, 0.05) is 38.3 Å². The monoisotopic (exact) mass is 246 g/mol. The van der Waals surface area contributed by atoms with Crippen LogP contribution in [-0.2, 0) is 6.54 Å². The molecule has 98 valence electrons. The fraction of sp³-hybridized carbons (Fsp3) is 0.533. The average Bonchev–Trinajstić information content (AvgIpc) is 2.35. The Hall–Kier alpha value is -1.19. The van der Waals surface area contributed by atoms with Crippen LogP contribution in [0.15, 0.2) is 12.1 Å². The maximum Gasteiger partial charge on any atom is 0.150 e. The number of benzene rings is 1. The highest BCUT2D eigenvalue weighted by atomic mass is 16.1. The maximum absolute atomic E-state index is 11.0. The van der Waals surface area contributed by atoms with Gasteiger partial charge in [-0.2, -0.15) is 0 Å². The highest BCUT2D eigenvalue weighted by molar-refractivity contribution is 5.77. The lowest BCUT2D eigenvalue weighted by Crippen LogP contribution is -2.44. The van der Waals surface area contributed by atoms with E-state index in [1.54, 1.807) is 0 Å². The van der Waals surface area contributed by atoms with Crippen molar-refractivity contribution in [1.29, 1.82) is 0 Å². The first kappa shape index (κ1) is 13.2. The normalized spacial score (nSPS) is 17.9. The molecule has 3 nitrogen and oxygen atoms in total. The fourth-order valence-electron chi connectivity index (χ4n) is 2.46. The molecule has 18 heavy (non-hydrogen) atoms. The SMILES string of the molecule is Cc1cc(C)c(CN2CCN(C)CC2)cc1C=O. The van der Waals surface area contributed by atoms with Gasteiger partial charge in [0.2, 0.25) is 0 Å². The Balaban J connectivity index is 2.11. The summed E-state index contributed by atoms with van der Waals surface area (Å²) in [5.41, 5.74) is 4.47. The average molecular weight is 246 g/mol. The molecule has 1 aromatic carbocycles. The van der Waals surface area contributed by atoms with Crippen LogP contribution in [0.2, 0.25) is 0 Å². The fourth-order valence-corrected chi connectivity index (χ4v) is 2.46. The Bertz CT molecular complexity index is 434. The van der Waals surface area contributed by atoms with Crippen LogP contribution in [0.1, 0.15) is 27.0 Å². The minimum Gasteiger partial charge on any atom is -0.304 e. The molecule has 1 fully saturated rings. The van der Waals surface area contributed by atoms with E-state index in [0.29, 0.717) is 0 Å². The van der Waals surface area contributed by atoms with Gasteiger partial charge in [-0.1, -0.05) is 6.07 Å². The van der Waals surface area contributed by atoms with Crippen LogP contribution in [-0.4, -0.2) is 49.3 Å². The van der Waals surface area contributed by atoms with Gasteiger partial charge in [-0.05, 0) is 43.7 Å². The van der Waals surface area contributed by atoms with Crippen molar-refractivity contribution in [2.45, 2.75) is 20.4 Å². The molecular weight excluding hydrogens is 224 g/mol. The Morgan fingerprint density at radius 2 is 1.78 bits per heavy atom. The number of rotatable bonds is 3. The summed E-state index contributed by atoms with van der Waals surface area (Å²) in [5.74, 6) is 0. The molecule has 0 radical (unpaired) electrons. The van der Waals surface area contributed by atoms with Crippen molar-refractivity contribution in [2.75, 3.05) is 33.2 Å². The van der Waals surface area contributed by atoms with Crippen molar-refractivity contribution >= 4 is 6.29 Å². The third-order valence-electron chi connectivity index (χ3n) is 3.84. The summed E-state index contributed by atoms with van der Waals surface area (Å²) >= 11 is 0. The van der Waals surface area contributed by atoms with E-state index in [2.05, 4.69) is 35.9 Å². The minimum absolute atomic E-state index is 0.824. The first-order chi connectivity index (χ1) is 8.60. The van der Waals surface area contributed by atoms with Gasteiger partial charge in [-0.25, -0.2) is 0 Å². The number of likely N-dealkylation sites (N-methyl/N-ethyl adjacent to an activating group) is 1. The van der Waals surface area contributed by atoms with E-state index in [-0.39, 0.29) is 0 Å². The molecule has 0 spiro atoms. The van der Waals surface area contributed by atoms with E-state index in [1.807, 2.05) is 6.92 Å². The lowest BCUT2D eigenvalue weighted by atomic mass is 10.00. The van der Waals surface area contributed by atoms with E-state index in [1.165, 1.54) is 11.1 Å². The lowest BCUT2D eigenvalue weighted by molar-refractivity contribution is 0.112. The van der Waals surface area contributed by atoms with Gasteiger partial charge in [-0.3, -0.25) is 9.69 Å². The summed E-state index contributed by atoms with van der Waals surface area (Å²) in [6.07, 6.45) is 0.961. The third-order valence-corrected chi connectivity index (χ3v) is 3.84. The summed E-state index contributed by atoms with van der Waals surface area (Å²) in [6.45, 7) is 9.57. The second-order valence-electron chi connectivity index (χ2n) is 5.33. The Kier molecular flexibility index (Phi) is 4.15. The Morgan fingerprint density at radius 3 is 2.39 bits per heavy atom. The zero-order chi connectivity index (χ0) is 13.1. The van der Waals surface area contributed by atoms with Crippen LogP contribution in [0.5, 0.6) is 0 Å². The van der Waals surface area contributed by atoms with E-state index in [0.717, 1.165) is 50.1 Å². The molecule has 0 unspecified atom stereocenters. The number of carbonyl (C=O) groups excluding carboxylic acids is 1. The van der Waals surface area contributed by atoms with Gasteiger partial charge in [0.05, 0.1) is 0 Å². The van der Waals surface area contributed by atoms with Crippen molar-refractivity contribution < 1.29 is 4.79 Å². The number of aldehydes is 1. The molecule has 3 heteroatoms. The van der Waals surface area contributed by atoms with E-state index in [4.69, 9.17) is 0 Å². The van der Waals surface area contributed by atoms with Crippen LogP contribution in [0, 0.1) is 13.8 Å². The second-order valence-corrected chi connectivity index (χ2v) is 5.33. The molecule has 0 bridgehead atoms. The predicted molar refractivity (Wildman–Crippen MR) is 74.1 cm³/mol. The second kappa shape index (κ2) is 5.63. The molecule has 0 saturated carbocycles. The number of carbonyl (C=O) groups is 1. The molecule has 0 atom stereocenters. The maximum atomic E-state index is 11.0. The van der Waals surface area contributed by atoms with Crippen LogP contribution in [0.25, 0.3) is 0 Å². The van der Waals surface area contributed by atoms with E-state index in [9.17, 15) is 4.79 Å². The van der Waals surface area contributed by atoms with Crippen LogP contribution < -0.4 is 0 Å². The zero-order valence-corrected chi connectivity index (χ0v) is 11.6. The Labute approximate surface area is 109 Å². The number of aryl methyl sites for hydroxylation is 2. The summed E-state index contributed by atoms with van der Waals surface area (Å²) in [6, 6.07) is 4.17. The van der Waals surface area contributed by atoms with Crippen molar-refractivity contribution in [3.8, 4) is 0 Å². The first-order valence-corrected chi connectivity index (χ1v) is 6.56. The van der Waals surface area contributed by atoms with Gasteiger partial charge < -0.3 is 4.90 Å². The topological polar surface area (TPSA) is 23.6 Å². The van der Waals surface area contributed by atoms with Crippen LogP contribution in [0.4, 0.5) is 0 Å². The van der Waals surface area contributed by atoms with Crippen LogP contribution in [0.3, 0.4) is 0 Å². The molecular formula is C15H22N2O. The summed E-state index contributed by atoms with van der Waals surface area (Å²) in [7, 11) is 2.17. The molecule has 1 heterocycles. The molecule has 1 saturated heterocycles. The largest absolute Gasteiger partial charge is 0.304 e. The lowest BCUT2D eigenvalue weighted by Gasteiger charge is -2.32. The molecule has 1 aliphatic rings. The highest BCUT2D eigenvalue weighted by Gasteiger charge is 2.15. The smallest absolute Gasteiger partial charge is 0.150 e. The van der Waals surface area contributed by atoms with Crippen molar-refractivity contribution in [3.05, 3.63) is 34.4 Å². The summed E-state index contributed by atoms with van der Waals surface area (Å²) < 4.78 is 0. The number of piperazine rings is 1. The first-order valence-electron chi connectivity index (χ1n) is 6.56. The summed E-state index contributed by atoms with van der Waals surface area (Å²) in [5, 5.41) is 0. The standard InChI is InChI=1S/C15H22N2O/c1-12-8-13(2)15(11-18)9-14(12)10-17-6-4-16(3)5-7-17/h8-9,11H,4-7,10H2,1-3H3. The van der Waals surface area contributed by atoms with Gasteiger partial charge in [0.1, 0.15) is 6.29 Å². The molecule has 2 rings (SSSR count). The molecule has 1 aromatic rings. The molecule has 0 aliphatic carbocycles. The molecule has 0 amide bonds. The third kappa shape index (κ3) is 2.98. The zero-order valence-electron chi connectivity index (χ0n) is 11.6. The Morgan fingerprint density at radius 1 is 1.11 bits per heavy atom. The predicted octanol–water partition coefficient (Wildman–Crippen LogP) is 1.86. The van der Waals surface area contributed by atoms with Gasteiger partial charge >= 0.3 is 0 Å². The van der Waals surface area contributed by atoms with E-state index >= 15 is 0 Å². The quantitative estimate of drug-likeness (QED) is 0.761. The van der Waals surface area contributed by atoms with E-state index < -0.39 is 0 Å². The molecule has 0 N–H and O–H groups in total. The van der Waals surface area contributed by atoms with Crippen molar-refractivity contribution in [1.82, 2.24) is 9.80 Å². The van der Waals surface area contributed by atoms with Crippen molar-refractivity contribution in [3.63, 3.8) is 0 Å². The molecule has 1 aliphatic heterocycles. The van der Waals surface area contributed by atoms with Crippen molar-refractivity contribution in [2.24, 2.45) is 0 Å². The van der Waals surface area contributed by atoms with Gasteiger partial charge in [0.15, 0.2) is 0 Å². The molecule has 0 aromatic heterocycles.